The Bertz CT molecular complexity index is 1290. The van der Waals surface area contributed by atoms with E-state index >= 15 is 0 Å². The van der Waals surface area contributed by atoms with Gasteiger partial charge < -0.3 is 29.2 Å². The van der Waals surface area contributed by atoms with E-state index < -0.39 is 29.7 Å². The standard InChI is InChI=1S/C32H43N3O6/c1-6-23-25(18-36)35-17-27(23)40-29-21(14-19-12-13-22(39-5)16-24(19)33-29)11-9-7-8-10-20-15-26(20)41-31(38)34-28(30(35)37)32(2,3)4/h12-14,16,18,20,23,25-28H,6-11,15,17H2,1-5H3,(H,34,38)/t20-,23+,25-,26-,27+,28-/m1/s1. The summed E-state index contributed by atoms with van der Waals surface area (Å²) >= 11 is 0. The highest BCUT2D eigenvalue weighted by atomic mass is 16.6. The maximum atomic E-state index is 14.0. The van der Waals surface area contributed by atoms with E-state index in [4.69, 9.17) is 19.2 Å². The number of alkyl carbamates (subject to hydrolysis) is 1. The molecule has 9 nitrogen and oxygen atoms in total. The van der Waals surface area contributed by atoms with Crippen molar-refractivity contribution >= 4 is 29.2 Å². The molecule has 9 heteroatoms. The zero-order valence-corrected chi connectivity index (χ0v) is 24.9. The second-order valence-corrected chi connectivity index (χ2v) is 12.8. The van der Waals surface area contributed by atoms with Crippen LogP contribution in [0.4, 0.5) is 4.79 Å². The van der Waals surface area contributed by atoms with Crippen LogP contribution in [0, 0.1) is 17.3 Å². The molecule has 41 heavy (non-hydrogen) atoms. The molecule has 1 aliphatic carbocycles. The first-order chi connectivity index (χ1) is 19.6. The van der Waals surface area contributed by atoms with Crippen LogP contribution in [0.3, 0.4) is 0 Å². The van der Waals surface area contributed by atoms with Gasteiger partial charge >= 0.3 is 6.09 Å². The van der Waals surface area contributed by atoms with Crippen molar-refractivity contribution in [3.05, 3.63) is 29.8 Å². The molecule has 0 radical (unpaired) electrons. The van der Waals surface area contributed by atoms with Gasteiger partial charge in [-0.1, -0.05) is 40.5 Å². The lowest BCUT2D eigenvalue weighted by molar-refractivity contribution is -0.139. The molecule has 5 rings (SSSR count). The van der Waals surface area contributed by atoms with Crippen LogP contribution in [-0.2, 0) is 20.7 Å². The zero-order valence-electron chi connectivity index (χ0n) is 24.9. The largest absolute Gasteiger partial charge is 0.497 e. The maximum absolute atomic E-state index is 14.0. The molecule has 222 valence electrons. The molecular formula is C32H43N3O6. The highest BCUT2D eigenvalue weighted by Crippen LogP contribution is 2.39. The minimum absolute atomic E-state index is 0.102. The monoisotopic (exact) mass is 565 g/mol. The van der Waals surface area contributed by atoms with E-state index in [0.29, 0.717) is 24.0 Å². The van der Waals surface area contributed by atoms with Gasteiger partial charge in [0.15, 0.2) is 0 Å². The first-order valence-corrected chi connectivity index (χ1v) is 15.0. The third-order valence-corrected chi connectivity index (χ3v) is 8.89. The van der Waals surface area contributed by atoms with Crippen LogP contribution in [0.1, 0.15) is 71.8 Å². The minimum atomic E-state index is -0.855. The van der Waals surface area contributed by atoms with Crippen LogP contribution in [0.5, 0.6) is 11.6 Å². The molecule has 3 heterocycles. The summed E-state index contributed by atoms with van der Waals surface area (Å²) in [7, 11) is 1.63. The zero-order chi connectivity index (χ0) is 29.3. The average Bonchev–Trinajstić information content (AvgIpc) is 3.57. The molecule has 1 aromatic heterocycles. The Hall–Kier alpha value is -3.36. The summed E-state index contributed by atoms with van der Waals surface area (Å²) in [5.41, 5.74) is 1.20. The number of ether oxygens (including phenoxy) is 3. The van der Waals surface area contributed by atoms with Gasteiger partial charge in [0.1, 0.15) is 30.3 Å². The number of nitrogens with one attached hydrogen (secondary N) is 1. The number of amides is 2. The molecule has 2 amide bonds. The number of fused-ring (bicyclic) bond motifs is 5. The first-order valence-electron chi connectivity index (χ1n) is 15.0. The van der Waals surface area contributed by atoms with E-state index in [9.17, 15) is 14.4 Å². The van der Waals surface area contributed by atoms with Gasteiger partial charge in [-0.25, -0.2) is 9.78 Å². The fourth-order valence-corrected chi connectivity index (χ4v) is 6.34. The SMILES string of the molecule is CC[C@@H]1[C@@H]2CN(C(=O)[C@H](C(C)(C)C)NC(=O)O[C@@H]3C[C@H]3CCCCCc3cc4ccc(OC)cc4nc3O2)[C@@H]1C=O. The Kier molecular flexibility index (Phi) is 8.43. The fraction of sp³-hybridized carbons (Fsp3) is 0.625. The van der Waals surface area contributed by atoms with Crippen molar-refractivity contribution in [1.29, 1.82) is 0 Å². The van der Waals surface area contributed by atoms with E-state index in [-0.39, 0.29) is 24.5 Å². The molecule has 2 fully saturated rings. The number of methoxy groups -OCH3 is 1. The van der Waals surface area contributed by atoms with Gasteiger partial charge in [0.05, 0.1) is 25.2 Å². The molecule has 0 unspecified atom stereocenters. The average molecular weight is 566 g/mol. The van der Waals surface area contributed by atoms with Crippen molar-refractivity contribution in [1.82, 2.24) is 15.2 Å². The summed E-state index contributed by atoms with van der Waals surface area (Å²) in [6, 6.07) is 6.45. The Morgan fingerprint density at radius 3 is 2.63 bits per heavy atom. The third-order valence-electron chi connectivity index (χ3n) is 8.89. The molecule has 1 saturated carbocycles. The van der Waals surface area contributed by atoms with Crippen LogP contribution in [0.25, 0.3) is 10.9 Å². The van der Waals surface area contributed by atoms with Gasteiger partial charge in [-0.05, 0) is 61.6 Å². The summed E-state index contributed by atoms with van der Waals surface area (Å²) in [6.45, 7) is 7.94. The molecule has 6 atom stereocenters. The molecule has 2 bridgehead atoms. The highest BCUT2D eigenvalue weighted by Gasteiger charge is 2.49. The van der Waals surface area contributed by atoms with Crippen molar-refractivity contribution in [3.63, 3.8) is 0 Å². The van der Waals surface area contributed by atoms with Crippen LogP contribution >= 0.6 is 0 Å². The number of aromatic nitrogens is 1. The van der Waals surface area contributed by atoms with Crippen molar-refractivity contribution in [3.8, 4) is 11.6 Å². The summed E-state index contributed by atoms with van der Waals surface area (Å²) in [5, 5.41) is 3.85. The number of carbonyl (C=O) groups is 3. The van der Waals surface area contributed by atoms with Crippen molar-refractivity contribution in [2.45, 2.75) is 96.9 Å². The summed E-state index contributed by atoms with van der Waals surface area (Å²) in [5.74, 6) is 1.11. The van der Waals surface area contributed by atoms with E-state index in [1.54, 1.807) is 12.0 Å². The Morgan fingerprint density at radius 2 is 1.93 bits per heavy atom. The van der Waals surface area contributed by atoms with Gasteiger partial charge in [0.2, 0.25) is 11.8 Å². The second-order valence-electron chi connectivity index (χ2n) is 12.8. The maximum Gasteiger partial charge on any atom is 0.408 e. The number of rotatable bonds is 3. The first kappa shape index (κ1) is 29.1. The number of hydrogen-bond donors (Lipinski definition) is 1. The summed E-state index contributed by atoms with van der Waals surface area (Å²) in [6.07, 6.45) is 6.15. The molecule has 1 aromatic carbocycles. The predicted molar refractivity (Wildman–Crippen MR) is 155 cm³/mol. The number of pyridine rings is 1. The lowest BCUT2D eigenvalue weighted by Crippen LogP contribution is -2.56. The molecule has 1 saturated heterocycles. The summed E-state index contributed by atoms with van der Waals surface area (Å²) in [4.78, 5) is 45.8. The lowest BCUT2D eigenvalue weighted by Gasteiger charge is -2.34. The van der Waals surface area contributed by atoms with Gasteiger partial charge in [-0.15, -0.1) is 0 Å². The fourth-order valence-electron chi connectivity index (χ4n) is 6.34. The number of aldehydes is 1. The van der Waals surface area contributed by atoms with Gasteiger partial charge in [0, 0.05) is 22.9 Å². The van der Waals surface area contributed by atoms with E-state index in [0.717, 1.165) is 61.3 Å². The van der Waals surface area contributed by atoms with Gasteiger partial charge in [-0.3, -0.25) is 4.79 Å². The van der Waals surface area contributed by atoms with Crippen molar-refractivity contribution in [2.24, 2.45) is 17.3 Å². The normalized spacial score (nSPS) is 29.2. The van der Waals surface area contributed by atoms with Gasteiger partial charge in [-0.2, -0.15) is 0 Å². The van der Waals surface area contributed by atoms with Crippen LogP contribution in [0.2, 0.25) is 0 Å². The number of benzene rings is 1. The van der Waals surface area contributed by atoms with Crippen LogP contribution in [-0.4, -0.2) is 66.1 Å². The van der Waals surface area contributed by atoms with Gasteiger partial charge in [0.25, 0.3) is 0 Å². The topological polar surface area (TPSA) is 107 Å². The summed E-state index contributed by atoms with van der Waals surface area (Å²) < 4.78 is 17.8. The molecular weight excluding hydrogens is 522 g/mol. The Morgan fingerprint density at radius 1 is 1.12 bits per heavy atom. The molecule has 2 aromatic rings. The highest BCUT2D eigenvalue weighted by molar-refractivity contribution is 5.89. The van der Waals surface area contributed by atoms with E-state index in [1.807, 2.05) is 45.9 Å². The quantitative estimate of drug-likeness (QED) is 0.518. The minimum Gasteiger partial charge on any atom is -0.497 e. The van der Waals surface area contributed by atoms with Crippen molar-refractivity contribution < 1.29 is 28.6 Å². The molecule has 2 aliphatic heterocycles. The smallest absolute Gasteiger partial charge is 0.408 e. The molecule has 1 N–H and O–H groups in total. The van der Waals surface area contributed by atoms with Crippen LogP contribution in [0.15, 0.2) is 24.3 Å². The Labute approximate surface area is 242 Å². The van der Waals surface area contributed by atoms with Crippen LogP contribution < -0.4 is 14.8 Å². The van der Waals surface area contributed by atoms with E-state index in [2.05, 4.69) is 11.4 Å². The molecule has 3 aliphatic rings. The number of carbonyl (C=O) groups excluding carboxylic acids is 3. The predicted octanol–water partition coefficient (Wildman–Crippen LogP) is 5.07. The molecule has 0 spiro atoms. The second kappa shape index (κ2) is 11.9. The Balaban J connectivity index is 1.51. The van der Waals surface area contributed by atoms with E-state index in [1.165, 1.54) is 0 Å². The number of nitrogens with zero attached hydrogens (tertiary/aromatic N) is 2. The third kappa shape index (κ3) is 6.28. The lowest BCUT2D eigenvalue weighted by atomic mass is 9.85. The number of aryl methyl sites for hydroxylation is 1. The van der Waals surface area contributed by atoms with Crippen molar-refractivity contribution in [2.75, 3.05) is 13.7 Å². The number of hydrogen-bond acceptors (Lipinski definition) is 7.